The Morgan fingerprint density at radius 2 is 1.81 bits per heavy atom. The number of esters is 1. The second-order valence-electron chi connectivity index (χ2n) is 9.59. The molecule has 3 aromatic rings. The average Bonchev–Trinajstić information content (AvgIpc) is 3.08. The summed E-state index contributed by atoms with van der Waals surface area (Å²) in [6.07, 6.45) is 1.54. The Labute approximate surface area is 219 Å². The molecule has 37 heavy (non-hydrogen) atoms. The quantitative estimate of drug-likeness (QED) is 0.333. The van der Waals surface area contributed by atoms with Gasteiger partial charge in [-0.05, 0) is 81.4 Å². The minimum atomic E-state index is -0.439. The number of hydrogen-bond donors (Lipinski definition) is 1. The normalized spacial score (nSPS) is 14.9. The summed E-state index contributed by atoms with van der Waals surface area (Å²) in [5.41, 5.74) is 4.14. The molecule has 0 fully saturated rings. The number of rotatable bonds is 8. The number of fused-ring (bicyclic) bond motifs is 1. The Hall–Kier alpha value is -3.84. The van der Waals surface area contributed by atoms with Crippen molar-refractivity contribution < 1.29 is 19.1 Å². The van der Waals surface area contributed by atoms with E-state index in [1.165, 1.54) is 0 Å². The highest BCUT2D eigenvalue weighted by molar-refractivity contribution is 6.10. The predicted octanol–water partition coefficient (Wildman–Crippen LogP) is 5.32. The number of nitrogens with zero attached hydrogens (tertiary/aromatic N) is 2. The second kappa shape index (κ2) is 11.9. The molecule has 0 unspecified atom stereocenters. The molecule has 3 aromatic carbocycles. The predicted molar refractivity (Wildman–Crippen MR) is 148 cm³/mol. The van der Waals surface area contributed by atoms with Gasteiger partial charge in [-0.15, -0.1) is 0 Å². The van der Waals surface area contributed by atoms with Crippen LogP contribution in [0.2, 0.25) is 0 Å². The molecule has 1 amide bonds. The summed E-state index contributed by atoms with van der Waals surface area (Å²) in [6, 6.07) is 20.8. The Kier molecular flexibility index (Phi) is 8.46. The van der Waals surface area contributed by atoms with Gasteiger partial charge in [0.1, 0.15) is 5.75 Å². The molecule has 4 rings (SSSR count). The molecule has 0 radical (unpaired) electrons. The van der Waals surface area contributed by atoms with E-state index in [9.17, 15) is 9.59 Å². The summed E-state index contributed by atoms with van der Waals surface area (Å²) in [5.74, 6) is 0.142. The van der Waals surface area contributed by atoms with Crippen molar-refractivity contribution in [2.45, 2.75) is 25.8 Å². The van der Waals surface area contributed by atoms with Gasteiger partial charge in [-0.2, -0.15) is 0 Å². The van der Waals surface area contributed by atoms with Crippen molar-refractivity contribution in [1.82, 2.24) is 4.90 Å². The average molecular weight is 502 g/mol. The maximum Gasteiger partial charge on any atom is 0.338 e. The van der Waals surface area contributed by atoms with Crippen molar-refractivity contribution in [3.63, 3.8) is 0 Å². The number of carbonyl (C=O) groups is 2. The van der Waals surface area contributed by atoms with Gasteiger partial charge in [-0.3, -0.25) is 4.79 Å². The lowest BCUT2D eigenvalue weighted by Crippen LogP contribution is -2.32. The van der Waals surface area contributed by atoms with Gasteiger partial charge in [0, 0.05) is 24.7 Å². The van der Waals surface area contributed by atoms with Crippen molar-refractivity contribution in [2.24, 2.45) is 0 Å². The van der Waals surface area contributed by atoms with E-state index in [-0.39, 0.29) is 11.9 Å². The number of ether oxygens (including phenoxy) is 2. The number of carbonyl (C=O) groups excluding carboxylic acids is 2. The van der Waals surface area contributed by atoms with Gasteiger partial charge in [0.15, 0.2) is 0 Å². The van der Waals surface area contributed by atoms with E-state index in [0.29, 0.717) is 29.8 Å². The van der Waals surface area contributed by atoms with E-state index in [2.05, 4.69) is 12.2 Å². The number of anilines is 2. The van der Waals surface area contributed by atoms with Crippen LogP contribution in [0, 0.1) is 0 Å². The number of benzene rings is 3. The summed E-state index contributed by atoms with van der Waals surface area (Å²) in [6.45, 7) is 3.81. The maximum absolute atomic E-state index is 13.8. The standard InChI is InChI=1S/C30H35N3O4/c1-21-16-18-33(28-9-6-5-8-27(28)31-21)29(34)23-12-15-25(22-10-13-24(36-4)14-11-22)26(20-23)30(35)37-19-7-17-32(2)3/h5-6,8-15,20-21,31H,7,16-19H2,1-4H3/t21-/m0/s1. The first-order valence-electron chi connectivity index (χ1n) is 12.6. The van der Waals surface area contributed by atoms with Crippen LogP contribution in [0.15, 0.2) is 66.7 Å². The maximum atomic E-state index is 13.8. The molecule has 0 saturated heterocycles. The Bertz CT molecular complexity index is 1240. The van der Waals surface area contributed by atoms with E-state index in [4.69, 9.17) is 9.47 Å². The molecule has 0 bridgehead atoms. The Balaban J connectivity index is 1.68. The smallest absolute Gasteiger partial charge is 0.338 e. The third-order valence-electron chi connectivity index (χ3n) is 6.50. The number of nitrogens with one attached hydrogen (secondary N) is 1. The topological polar surface area (TPSA) is 71.1 Å². The van der Waals surface area contributed by atoms with Crippen LogP contribution in [0.25, 0.3) is 11.1 Å². The van der Waals surface area contributed by atoms with Gasteiger partial charge in [0.25, 0.3) is 5.91 Å². The zero-order valence-electron chi connectivity index (χ0n) is 22.0. The first-order valence-corrected chi connectivity index (χ1v) is 12.6. The zero-order chi connectivity index (χ0) is 26.4. The second-order valence-corrected chi connectivity index (χ2v) is 9.59. The van der Waals surface area contributed by atoms with Gasteiger partial charge in [0.2, 0.25) is 0 Å². The first kappa shape index (κ1) is 26.2. The van der Waals surface area contributed by atoms with Crippen molar-refractivity contribution in [3.8, 4) is 16.9 Å². The molecule has 7 heteroatoms. The van der Waals surface area contributed by atoms with E-state index < -0.39 is 5.97 Å². The van der Waals surface area contributed by atoms with Crippen LogP contribution in [0.4, 0.5) is 11.4 Å². The van der Waals surface area contributed by atoms with Gasteiger partial charge >= 0.3 is 5.97 Å². The van der Waals surface area contributed by atoms with Crippen LogP contribution in [0.5, 0.6) is 5.75 Å². The molecule has 0 saturated carbocycles. The van der Waals surface area contributed by atoms with Gasteiger partial charge in [-0.25, -0.2) is 4.79 Å². The summed E-state index contributed by atoms with van der Waals surface area (Å²) in [7, 11) is 5.58. The van der Waals surface area contributed by atoms with Crippen molar-refractivity contribution in [1.29, 1.82) is 0 Å². The fraction of sp³-hybridized carbons (Fsp3) is 0.333. The molecule has 1 aliphatic heterocycles. The van der Waals surface area contributed by atoms with Gasteiger partial charge < -0.3 is 24.6 Å². The highest BCUT2D eigenvalue weighted by Gasteiger charge is 2.26. The lowest BCUT2D eigenvalue weighted by Gasteiger charge is -2.23. The van der Waals surface area contributed by atoms with Crippen molar-refractivity contribution >= 4 is 23.3 Å². The third-order valence-corrected chi connectivity index (χ3v) is 6.50. The van der Waals surface area contributed by atoms with Crippen LogP contribution in [0.1, 0.15) is 40.5 Å². The molecule has 194 valence electrons. The molecular weight excluding hydrogens is 466 g/mol. The molecule has 1 N–H and O–H groups in total. The minimum absolute atomic E-state index is 0.147. The van der Waals surface area contributed by atoms with Crippen LogP contribution in [-0.2, 0) is 4.74 Å². The van der Waals surface area contributed by atoms with E-state index in [1.54, 1.807) is 24.1 Å². The third kappa shape index (κ3) is 6.30. The number of hydrogen-bond acceptors (Lipinski definition) is 6. The lowest BCUT2D eigenvalue weighted by molar-refractivity contribution is 0.0494. The van der Waals surface area contributed by atoms with Crippen LogP contribution >= 0.6 is 0 Å². The fourth-order valence-corrected chi connectivity index (χ4v) is 4.47. The van der Waals surface area contributed by atoms with Crippen LogP contribution < -0.4 is 15.0 Å². The van der Waals surface area contributed by atoms with Gasteiger partial charge in [0.05, 0.1) is 30.7 Å². The first-order chi connectivity index (χ1) is 17.9. The largest absolute Gasteiger partial charge is 0.497 e. The summed E-state index contributed by atoms with van der Waals surface area (Å²) in [4.78, 5) is 30.9. The highest BCUT2D eigenvalue weighted by Crippen LogP contribution is 2.32. The van der Waals surface area contributed by atoms with Gasteiger partial charge in [-0.1, -0.05) is 30.3 Å². The monoisotopic (exact) mass is 501 g/mol. The molecule has 0 spiro atoms. The zero-order valence-corrected chi connectivity index (χ0v) is 22.0. The molecular formula is C30H35N3O4. The van der Waals surface area contributed by atoms with E-state index in [0.717, 1.165) is 42.1 Å². The number of para-hydroxylation sites is 2. The molecule has 1 heterocycles. The summed E-state index contributed by atoms with van der Waals surface area (Å²) in [5, 5.41) is 3.48. The fourth-order valence-electron chi connectivity index (χ4n) is 4.47. The Morgan fingerprint density at radius 3 is 2.54 bits per heavy atom. The highest BCUT2D eigenvalue weighted by atomic mass is 16.5. The minimum Gasteiger partial charge on any atom is -0.497 e. The summed E-state index contributed by atoms with van der Waals surface area (Å²) < 4.78 is 10.9. The number of methoxy groups -OCH3 is 1. The molecule has 0 aliphatic carbocycles. The van der Waals surface area contributed by atoms with Crippen molar-refractivity contribution in [3.05, 3.63) is 77.9 Å². The lowest BCUT2D eigenvalue weighted by atomic mass is 9.96. The molecule has 0 aromatic heterocycles. The SMILES string of the molecule is COc1ccc(-c2ccc(C(=O)N3CC[C@H](C)Nc4ccccc43)cc2C(=O)OCCCN(C)C)cc1. The number of amides is 1. The Morgan fingerprint density at radius 1 is 1.05 bits per heavy atom. The molecule has 1 atom stereocenters. The van der Waals surface area contributed by atoms with Crippen LogP contribution in [0.3, 0.4) is 0 Å². The summed E-state index contributed by atoms with van der Waals surface area (Å²) >= 11 is 0. The van der Waals surface area contributed by atoms with Crippen molar-refractivity contribution in [2.75, 3.05) is 51.1 Å². The molecule has 1 aliphatic rings. The molecule has 7 nitrogen and oxygen atoms in total. The van der Waals surface area contributed by atoms with Crippen LogP contribution in [-0.4, -0.2) is 63.7 Å². The van der Waals surface area contributed by atoms with E-state index in [1.807, 2.05) is 73.6 Å². The van der Waals surface area contributed by atoms with E-state index >= 15 is 0 Å².